The largest absolute Gasteiger partial charge is 0.573 e. The molecule has 1 atom stereocenters. The van der Waals surface area contributed by atoms with Gasteiger partial charge < -0.3 is 19.9 Å². The highest BCUT2D eigenvalue weighted by Crippen LogP contribution is 2.25. The average molecular weight is 432 g/mol. The summed E-state index contributed by atoms with van der Waals surface area (Å²) in [5, 5.41) is 12.2. The second-order valence-corrected chi connectivity index (χ2v) is 7.24. The Kier molecular flexibility index (Phi) is 6.90. The van der Waals surface area contributed by atoms with E-state index >= 15 is 0 Å². The predicted octanol–water partition coefficient (Wildman–Crippen LogP) is 4.44. The van der Waals surface area contributed by atoms with Gasteiger partial charge in [0.25, 0.3) is 0 Å². The average Bonchev–Trinajstić information content (AvgIpc) is 2.99. The van der Waals surface area contributed by atoms with E-state index in [1.807, 2.05) is 18.2 Å². The Balaban J connectivity index is 1.57. The Morgan fingerprint density at radius 2 is 1.81 bits per heavy atom. The third kappa shape index (κ3) is 6.04. The summed E-state index contributed by atoms with van der Waals surface area (Å²) < 4.78 is 40.7. The van der Waals surface area contributed by atoms with E-state index in [0.29, 0.717) is 30.8 Å². The van der Waals surface area contributed by atoms with Crippen LogP contribution in [-0.4, -0.2) is 43.5 Å². The summed E-state index contributed by atoms with van der Waals surface area (Å²) >= 11 is 0. The number of carbonyl (C=O) groups is 1. The molecule has 1 N–H and O–H groups in total. The van der Waals surface area contributed by atoms with Crippen molar-refractivity contribution in [2.45, 2.75) is 25.7 Å². The van der Waals surface area contributed by atoms with Gasteiger partial charge in [-0.15, -0.1) is 13.2 Å². The highest BCUT2D eigenvalue weighted by atomic mass is 19.4. The normalized spacial score (nSPS) is 15.6. The molecule has 1 aliphatic heterocycles. The molecule has 3 rings (SSSR count). The number of benzene rings is 2. The van der Waals surface area contributed by atoms with E-state index in [9.17, 15) is 23.2 Å². The number of carbonyl (C=O) groups excluding carboxylic acids is 1. The number of amides is 2. The highest BCUT2D eigenvalue weighted by molar-refractivity contribution is 5.75. The molecule has 1 aliphatic rings. The Morgan fingerprint density at radius 3 is 2.48 bits per heavy atom. The van der Waals surface area contributed by atoms with Crippen molar-refractivity contribution in [2.24, 2.45) is 0 Å². The Labute approximate surface area is 178 Å². The van der Waals surface area contributed by atoms with Gasteiger partial charge in [-0.25, -0.2) is 4.79 Å². The lowest BCUT2D eigenvalue weighted by Crippen LogP contribution is -2.43. The van der Waals surface area contributed by atoms with Crippen molar-refractivity contribution < 1.29 is 22.7 Å². The fourth-order valence-electron chi connectivity index (χ4n) is 3.52. The van der Waals surface area contributed by atoms with Crippen molar-refractivity contribution >= 4 is 11.7 Å². The Morgan fingerprint density at radius 1 is 1.10 bits per heavy atom. The molecular formula is C22H23F3N4O2. The summed E-state index contributed by atoms with van der Waals surface area (Å²) in [5.41, 5.74) is 2.14. The summed E-state index contributed by atoms with van der Waals surface area (Å²) in [7, 11) is 0. The minimum absolute atomic E-state index is 0.237. The lowest BCUT2D eigenvalue weighted by Gasteiger charge is -2.25. The number of hydrogen-bond acceptors (Lipinski definition) is 4. The topological polar surface area (TPSA) is 68.6 Å². The lowest BCUT2D eigenvalue weighted by atomic mass is 10.1. The van der Waals surface area contributed by atoms with Crippen LogP contribution in [0.2, 0.25) is 0 Å². The highest BCUT2D eigenvalue weighted by Gasteiger charge is 2.31. The van der Waals surface area contributed by atoms with Gasteiger partial charge in [0.05, 0.1) is 17.3 Å². The standard InChI is InChI=1S/C22H23F3N4O2/c1-16(17-7-9-19(10-8-17)31-22(23,24)25)27-21(30)29-12-4-11-28(13-14-29)20-6-3-2-5-18(20)15-26/h2-3,5-10,16H,4,11-14H2,1H3,(H,27,30). The second kappa shape index (κ2) is 9.60. The fraction of sp³-hybridized carbons (Fsp3) is 0.364. The van der Waals surface area contributed by atoms with E-state index in [4.69, 9.17) is 0 Å². The number of halogens is 3. The van der Waals surface area contributed by atoms with Crippen LogP contribution in [-0.2, 0) is 0 Å². The van der Waals surface area contributed by atoms with Crippen molar-refractivity contribution in [1.29, 1.82) is 5.26 Å². The molecule has 6 nitrogen and oxygen atoms in total. The van der Waals surface area contributed by atoms with E-state index in [0.717, 1.165) is 18.7 Å². The zero-order valence-corrected chi connectivity index (χ0v) is 17.0. The van der Waals surface area contributed by atoms with Crippen molar-refractivity contribution in [1.82, 2.24) is 10.2 Å². The molecule has 164 valence electrons. The second-order valence-electron chi connectivity index (χ2n) is 7.24. The zero-order valence-electron chi connectivity index (χ0n) is 17.0. The van der Waals surface area contributed by atoms with Crippen molar-refractivity contribution in [3.8, 4) is 11.8 Å². The van der Waals surface area contributed by atoms with Gasteiger partial charge in [-0.2, -0.15) is 5.26 Å². The number of urea groups is 1. The first kappa shape index (κ1) is 22.3. The van der Waals surface area contributed by atoms with Crippen LogP contribution < -0.4 is 15.0 Å². The molecule has 2 aromatic carbocycles. The van der Waals surface area contributed by atoms with Crippen LogP contribution in [0.3, 0.4) is 0 Å². The van der Waals surface area contributed by atoms with Gasteiger partial charge in [0, 0.05) is 26.2 Å². The number of rotatable bonds is 4. The minimum atomic E-state index is -4.74. The maximum atomic E-state index is 12.7. The molecule has 0 radical (unpaired) electrons. The fourth-order valence-corrected chi connectivity index (χ4v) is 3.52. The number of nitriles is 1. The van der Waals surface area contributed by atoms with E-state index in [2.05, 4.69) is 21.0 Å². The van der Waals surface area contributed by atoms with Gasteiger partial charge in [0.2, 0.25) is 0 Å². The van der Waals surface area contributed by atoms with E-state index in [1.165, 1.54) is 24.3 Å². The lowest BCUT2D eigenvalue weighted by molar-refractivity contribution is -0.274. The number of alkyl halides is 3. The maximum Gasteiger partial charge on any atom is 0.573 e. The molecule has 9 heteroatoms. The maximum absolute atomic E-state index is 12.7. The molecule has 31 heavy (non-hydrogen) atoms. The number of nitrogens with one attached hydrogen (secondary N) is 1. The van der Waals surface area contributed by atoms with Gasteiger partial charge in [-0.3, -0.25) is 0 Å². The van der Waals surface area contributed by atoms with Crippen LogP contribution in [0.4, 0.5) is 23.7 Å². The SMILES string of the molecule is CC(NC(=O)N1CCCN(c2ccccc2C#N)CC1)c1ccc(OC(F)(F)F)cc1. The first-order valence-corrected chi connectivity index (χ1v) is 9.92. The van der Waals surface area contributed by atoms with Gasteiger partial charge in [-0.1, -0.05) is 24.3 Å². The van der Waals surface area contributed by atoms with Gasteiger partial charge in [0.15, 0.2) is 0 Å². The smallest absolute Gasteiger partial charge is 0.406 e. The first-order valence-electron chi connectivity index (χ1n) is 9.92. The monoisotopic (exact) mass is 432 g/mol. The summed E-state index contributed by atoms with van der Waals surface area (Å²) in [6.45, 7) is 4.17. The van der Waals surface area contributed by atoms with E-state index in [-0.39, 0.29) is 17.8 Å². The molecule has 0 aliphatic carbocycles. The number of hydrogen-bond donors (Lipinski definition) is 1. The molecule has 1 fully saturated rings. The molecule has 0 spiro atoms. The van der Waals surface area contributed by atoms with Gasteiger partial charge in [0.1, 0.15) is 11.8 Å². The van der Waals surface area contributed by atoms with Crippen LogP contribution in [0.1, 0.15) is 30.5 Å². The molecule has 1 heterocycles. The third-order valence-electron chi connectivity index (χ3n) is 5.10. The molecular weight excluding hydrogens is 409 g/mol. The molecule has 0 saturated carbocycles. The minimum Gasteiger partial charge on any atom is -0.406 e. The van der Waals surface area contributed by atoms with E-state index in [1.54, 1.807) is 17.9 Å². The molecule has 1 saturated heterocycles. The van der Waals surface area contributed by atoms with Crippen LogP contribution >= 0.6 is 0 Å². The van der Waals surface area contributed by atoms with E-state index < -0.39 is 6.36 Å². The van der Waals surface area contributed by atoms with Crippen molar-refractivity contribution in [3.63, 3.8) is 0 Å². The molecule has 0 bridgehead atoms. The summed E-state index contributed by atoms with van der Waals surface area (Å²) in [5.74, 6) is -0.306. The number of anilines is 1. The van der Waals surface area contributed by atoms with Crippen LogP contribution in [0.25, 0.3) is 0 Å². The molecule has 2 aromatic rings. The Hall–Kier alpha value is -3.41. The summed E-state index contributed by atoms with van der Waals surface area (Å²) in [4.78, 5) is 16.5. The van der Waals surface area contributed by atoms with Crippen LogP contribution in [0.5, 0.6) is 5.75 Å². The molecule has 0 aromatic heterocycles. The molecule has 1 unspecified atom stereocenters. The van der Waals surface area contributed by atoms with Crippen LogP contribution in [0.15, 0.2) is 48.5 Å². The van der Waals surface area contributed by atoms with Gasteiger partial charge >= 0.3 is 12.4 Å². The summed E-state index contributed by atoms with van der Waals surface area (Å²) in [6, 6.07) is 14.4. The molecule has 2 amide bonds. The first-order chi connectivity index (χ1) is 14.8. The number of ether oxygens (including phenoxy) is 1. The zero-order chi connectivity index (χ0) is 22.4. The predicted molar refractivity (Wildman–Crippen MR) is 110 cm³/mol. The quantitative estimate of drug-likeness (QED) is 0.776. The third-order valence-corrected chi connectivity index (χ3v) is 5.10. The number of para-hydroxylation sites is 1. The van der Waals surface area contributed by atoms with Crippen LogP contribution in [0, 0.1) is 11.3 Å². The summed E-state index contributed by atoms with van der Waals surface area (Å²) in [6.07, 6.45) is -3.99. The van der Waals surface area contributed by atoms with Crippen molar-refractivity contribution in [2.75, 3.05) is 31.1 Å². The van der Waals surface area contributed by atoms with Crippen molar-refractivity contribution in [3.05, 3.63) is 59.7 Å². The Bertz CT molecular complexity index is 941. The van der Waals surface area contributed by atoms with Gasteiger partial charge in [-0.05, 0) is 43.2 Å². The number of nitrogens with zero attached hydrogens (tertiary/aromatic N) is 3.